The lowest BCUT2D eigenvalue weighted by Crippen LogP contribution is -2.25. The highest BCUT2D eigenvalue weighted by Gasteiger charge is 2.22. The average molecular weight is 377 g/mol. The molecule has 3 rings (SSSR count). The number of aryl methyl sites for hydroxylation is 2. The minimum atomic E-state index is -0.854. The van der Waals surface area contributed by atoms with Gasteiger partial charge in [0.15, 0.2) is 6.10 Å². The van der Waals surface area contributed by atoms with Crippen LogP contribution in [0.4, 0.5) is 0 Å². The Bertz CT molecular complexity index is 809. The topological polar surface area (TPSA) is 43.4 Å². The Morgan fingerprint density at radius 2 is 1.76 bits per heavy atom. The van der Waals surface area contributed by atoms with Gasteiger partial charge in [0.1, 0.15) is 0 Å². The van der Waals surface area contributed by atoms with Gasteiger partial charge in [-0.25, -0.2) is 0 Å². The Hall–Kier alpha value is -1.84. The van der Waals surface area contributed by atoms with Crippen LogP contribution >= 0.6 is 23.2 Å². The summed E-state index contributed by atoms with van der Waals surface area (Å²) in [6.07, 6.45) is 2.26. The van der Waals surface area contributed by atoms with Crippen LogP contribution < -0.4 is 0 Å². The van der Waals surface area contributed by atoms with Gasteiger partial charge in [-0.05, 0) is 55.5 Å². The third-order valence-electron chi connectivity index (χ3n) is 4.44. The van der Waals surface area contributed by atoms with Crippen LogP contribution in [0.15, 0.2) is 36.4 Å². The van der Waals surface area contributed by atoms with E-state index in [1.807, 2.05) is 18.2 Å². The molecule has 0 amide bonds. The molecule has 0 aromatic heterocycles. The number of hydrogen-bond acceptors (Lipinski definition) is 3. The summed E-state index contributed by atoms with van der Waals surface area (Å²) >= 11 is 12.1. The monoisotopic (exact) mass is 376 g/mol. The predicted molar refractivity (Wildman–Crippen MR) is 98.5 cm³/mol. The van der Waals surface area contributed by atoms with Crippen LogP contribution in [0, 0.1) is 0 Å². The molecule has 0 aliphatic heterocycles. The van der Waals surface area contributed by atoms with Crippen LogP contribution in [-0.2, 0) is 28.8 Å². The largest absolute Gasteiger partial charge is 0.454 e. The van der Waals surface area contributed by atoms with Gasteiger partial charge in [0.25, 0.3) is 0 Å². The van der Waals surface area contributed by atoms with E-state index in [0.29, 0.717) is 21.2 Å². The van der Waals surface area contributed by atoms with Gasteiger partial charge in [0, 0.05) is 21.2 Å². The number of fused-ring (bicyclic) bond motifs is 1. The van der Waals surface area contributed by atoms with Crippen molar-refractivity contribution in [1.29, 1.82) is 0 Å². The summed E-state index contributed by atoms with van der Waals surface area (Å²) in [5.41, 5.74) is 3.60. The van der Waals surface area contributed by atoms with Gasteiger partial charge in [0.2, 0.25) is 5.78 Å². The number of carbonyl (C=O) groups is 2. The zero-order chi connectivity index (χ0) is 18.0. The highest BCUT2D eigenvalue weighted by Crippen LogP contribution is 2.26. The molecule has 1 atom stereocenters. The van der Waals surface area contributed by atoms with Crippen LogP contribution in [-0.4, -0.2) is 17.9 Å². The second-order valence-electron chi connectivity index (χ2n) is 6.21. The molecule has 0 unspecified atom stereocenters. The van der Waals surface area contributed by atoms with E-state index in [1.165, 1.54) is 11.1 Å². The molecule has 0 saturated heterocycles. The van der Waals surface area contributed by atoms with Crippen molar-refractivity contribution in [2.24, 2.45) is 0 Å². The van der Waals surface area contributed by atoms with Gasteiger partial charge in [-0.15, -0.1) is 0 Å². The van der Waals surface area contributed by atoms with Crippen LogP contribution in [0.2, 0.25) is 10.0 Å². The van der Waals surface area contributed by atoms with Crippen molar-refractivity contribution >= 4 is 35.0 Å². The van der Waals surface area contributed by atoms with Gasteiger partial charge < -0.3 is 4.74 Å². The molecule has 0 N–H and O–H groups in total. The summed E-state index contributed by atoms with van der Waals surface area (Å²) in [6.45, 7) is 1.58. The summed E-state index contributed by atoms with van der Waals surface area (Å²) in [6, 6.07) is 10.7. The molecule has 0 bridgehead atoms. The number of halogens is 2. The van der Waals surface area contributed by atoms with Crippen molar-refractivity contribution in [1.82, 2.24) is 0 Å². The molecule has 1 aliphatic rings. The van der Waals surface area contributed by atoms with Crippen molar-refractivity contribution < 1.29 is 14.3 Å². The summed E-state index contributed by atoms with van der Waals surface area (Å²) in [4.78, 5) is 24.7. The third-order valence-corrected chi connectivity index (χ3v) is 5.15. The molecule has 25 heavy (non-hydrogen) atoms. The Kier molecular flexibility index (Phi) is 5.45. The predicted octanol–water partition coefficient (Wildman–Crippen LogP) is 4.84. The Morgan fingerprint density at radius 3 is 2.48 bits per heavy atom. The summed E-state index contributed by atoms with van der Waals surface area (Å²) < 4.78 is 5.29. The first-order valence-electron chi connectivity index (χ1n) is 8.24. The molecular weight excluding hydrogens is 359 g/mol. The molecule has 1 aliphatic carbocycles. The fourth-order valence-electron chi connectivity index (χ4n) is 3.10. The highest BCUT2D eigenvalue weighted by molar-refractivity contribution is 6.36. The summed E-state index contributed by atoms with van der Waals surface area (Å²) in [7, 11) is 0. The number of ether oxygens (including phenoxy) is 1. The third kappa shape index (κ3) is 4.05. The highest BCUT2D eigenvalue weighted by atomic mass is 35.5. The number of ketones is 1. The lowest BCUT2D eigenvalue weighted by atomic mass is 10.0. The van der Waals surface area contributed by atoms with E-state index in [1.54, 1.807) is 25.1 Å². The van der Waals surface area contributed by atoms with E-state index >= 15 is 0 Å². The van der Waals surface area contributed by atoms with Gasteiger partial charge in [-0.3, -0.25) is 9.59 Å². The van der Waals surface area contributed by atoms with Crippen molar-refractivity contribution in [3.63, 3.8) is 0 Å². The van der Waals surface area contributed by atoms with Crippen molar-refractivity contribution in [2.45, 2.75) is 38.7 Å². The van der Waals surface area contributed by atoms with Crippen LogP contribution in [0.25, 0.3) is 0 Å². The number of benzene rings is 2. The fourth-order valence-corrected chi connectivity index (χ4v) is 3.63. The zero-order valence-corrected chi connectivity index (χ0v) is 15.4. The fraction of sp³-hybridized carbons (Fsp3) is 0.300. The molecule has 0 saturated carbocycles. The number of esters is 1. The van der Waals surface area contributed by atoms with Gasteiger partial charge in [-0.1, -0.05) is 41.4 Å². The lowest BCUT2D eigenvalue weighted by Gasteiger charge is -2.14. The van der Waals surface area contributed by atoms with Gasteiger partial charge in [-0.2, -0.15) is 0 Å². The number of rotatable bonds is 5. The van der Waals surface area contributed by atoms with Crippen LogP contribution in [0.5, 0.6) is 0 Å². The number of Topliss-reactive ketones (excluding diaryl/α,β-unsaturated/α-hetero) is 1. The Labute approximate surface area is 156 Å². The molecule has 3 nitrogen and oxygen atoms in total. The summed E-state index contributed by atoms with van der Waals surface area (Å²) in [5.74, 6) is -0.731. The molecule has 2 aromatic rings. The maximum atomic E-state index is 12.5. The standard InChI is InChI=1S/C20H18Cl2O3/c1-12(20(24)15-9-8-13-4-2-5-14(13)10-15)25-19(23)11-16-17(21)6-3-7-18(16)22/h3,6-10,12H,2,4-5,11H2,1H3/t12-/m1/s1. The van der Waals surface area contributed by atoms with E-state index in [4.69, 9.17) is 27.9 Å². The van der Waals surface area contributed by atoms with Crippen molar-refractivity contribution in [3.8, 4) is 0 Å². The SMILES string of the molecule is C[C@@H](OC(=O)Cc1c(Cl)cccc1Cl)C(=O)c1ccc2c(c1)CCC2. The number of hydrogen-bond donors (Lipinski definition) is 0. The van der Waals surface area contributed by atoms with Gasteiger partial charge >= 0.3 is 5.97 Å². The quantitative estimate of drug-likeness (QED) is 0.553. The maximum absolute atomic E-state index is 12.5. The van der Waals surface area contributed by atoms with E-state index in [2.05, 4.69) is 0 Å². The van der Waals surface area contributed by atoms with Crippen molar-refractivity contribution in [3.05, 3.63) is 68.7 Å². The minimum absolute atomic E-state index is 0.0691. The lowest BCUT2D eigenvalue weighted by molar-refractivity contribution is -0.145. The van der Waals surface area contributed by atoms with E-state index in [9.17, 15) is 9.59 Å². The molecule has 0 spiro atoms. The zero-order valence-electron chi connectivity index (χ0n) is 13.9. The first-order chi connectivity index (χ1) is 12.0. The van der Waals surface area contributed by atoms with Crippen LogP contribution in [0.1, 0.15) is 40.4 Å². The van der Waals surface area contributed by atoms with Crippen molar-refractivity contribution in [2.75, 3.05) is 0 Å². The molecule has 130 valence electrons. The molecule has 5 heteroatoms. The Morgan fingerprint density at radius 1 is 1.08 bits per heavy atom. The average Bonchev–Trinajstić information content (AvgIpc) is 3.05. The first-order valence-corrected chi connectivity index (χ1v) is 8.99. The minimum Gasteiger partial charge on any atom is -0.454 e. The van der Waals surface area contributed by atoms with Crippen LogP contribution in [0.3, 0.4) is 0 Å². The summed E-state index contributed by atoms with van der Waals surface area (Å²) in [5, 5.41) is 0.809. The smallest absolute Gasteiger partial charge is 0.311 e. The molecule has 0 fully saturated rings. The molecule has 0 heterocycles. The second-order valence-corrected chi connectivity index (χ2v) is 7.02. The van der Waals surface area contributed by atoms with Gasteiger partial charge in [0.05, 0.1) is 6.42 Å². The van der Waals surface area contributed by atoms with E-state index < -0.39 is 12.1 Å². The molecule has 0 radical (unpaired) electrons. The van der Waals surface area contributed by atoms with E-state index in [0.717, 1.165) is 19.3 Å². The number of carbonyl (C=O) groups excluding carboxylic acids is 2. The second kappa shape index (κ2) is 7.59. The molecule has 2 aromatic carbocycles. The normalized spacial score (nSPS) is 14.0. The molecular formula is C20H18Cl2O3. The maximum Gasteiger partial charge on any atom is 0.311 e. The van der Waals surface area contributed by atoms with E-state index in [-0.39, 0.29) is 12.2 Å². The Balaban J connectivity index is 1.66. The first kappa shape index (κ1) is 18.0.